The molecule has 0 aliphatic heterocycles. The standard InChI is InChI=1S/C8H9NO3.C7H7NO3/c1-5-3-2-4-6(12-9)7(5)8(10)11;8-4-2-1-3-5(9)6(4)7(10)11/h2-4H,9H2,1H3,(H,10,11);1-3,9H,8H2,(H,10,11). The molecule has 23 heavy (non-hydrogen) atoms. The maximum atomic E-state index is 10.7. The summed E-state index contributed by atoms with van der Waals surface area (Å²) in [4.78, 5) is 25.5. The smallest absolute Gasteiger partial charge is 0.341 e. The molecule has 0 unspecified atom stereocenters. The summed E-state index contributed by atoms with van der Waals surface area (Å²) in [6.07, 6.45) is 0. The van der Waals surface area contributed by atoms with Crippen LogP contribution in [0.25, 0.3) is 0 Å². The van der Waals surface area contributed by atoms with Crippen LogP contribution in [-0.2, 0) is 0 Å². The minimum atomic E-state index is -1.22. The Balaban J connectivity index is 0.000000231. The molecule has 2 aromatic rings. The lowest BCUT2D eigenvalue weighted by atomic mass is 10.1. The van der Waals surface area contributed by atoms with Crippen molar-refractivity contribution in [3.63, 3.8) is 0 Å². The van der Waals surface area contributed by atoms with Gasteiger partial charge in [-0.05, 0) is 30.7 Å². The number of carboxylic acids is 2. The number of carbonyl (C=O) groups is 2. The Labute approximate surface area is 131 Å². The predicted molar refractivity (Wildman–Crippen MR) is 82.4 cm³/mol. The van der Waals surface area contributed by atoms with E-state index in [4.69, 9.17) is 27.0 Å². The van der Waals surface area contributed by atoms with E-state index in [0.717, 1.165) is 0 Å². The SMILES string of the molecule is Cc1cccc(ON)c1C(=O)O.Nc1cccc(O)c1C(=O)O. The van der Waals surface area contributed by atoms with Gasteiger partial charge in [0.25, 0.3) is 0 Å². The lowest BCUT2D eigenvalue weighted by Gasteiger charge is -2.05. The molecule has 8 heteroatoms. The van der Waals surface area contributed by atoms with E-state index < -0.39 is 11.9 Å². The van der Waals surface area contributed by atoms with Gasteiger partial charge in [0.2, 0.25) is 0 Å². The highest BCUT2D eigenvalue weighted by atomic mass is 16.6. The van der Waals surface area contributed by atoms with Crippen LogP contribution in [0.2, 0.25) is 0 Å². The number of aromatic carboxylic acids is 2. The first-order chi connectivity index (χ1) is 10.8. The van der Waals surface area contributed by atoms with Crippen molar-refractivity contribution < 1.29 is 29.7 Å². The molecule has 0 saturated heterocycles. The molecule has 2 rings (SSSR count). The minimum absolute atomic E-state index is 0.0671. The molecule has 0 aliphatic rings. The van der Waals surface area contributed by atoms with Crippen LogP contribution in [0.5, 0.6) is 11.5 Å². The highest BCUT2D eigenvalue weighted by Crippen LogP contribution is 2.22. The van der Waals surface area contributed by atoms with E-state index in [2.05, 4.69) is 4.84 Å². The molecular formula is C15H16N2O6. The Morgan fingerprint density at radius 1 is 1.00 bits per heavy atom. The van der Waals surface area contributed by atoms with Crippen LogP contribution in [0, 0.1) is 6.92 Å². The Kier molecular flexibility index (Phi) is 5.93. The Hall–Kier alpha value is -3.26. The van der Waals surface area contributed by atoms with Crippen molar-refractivity contribution in [2.24, 2.45) is 5.90 Å². The molecule has 8 nitrogen and oxygen atoms in total. The molecule has 0 atom stereocenters. The lowest BCUT2D eigenvalue weighted by molar-refractivity contribution is 0.0681. The van der Waals surface area contributed by atoms with Gasteiger partial charge >= 0.3 is 11.9 Å². The van der Waals surface area contributed by atoms with E-state index in [1.807, 2.05) is 0 Å². The van der Waals surface area contributed by atoms with E-state index in [1.54, 1.807) is 19.1 Å². The van der Waals surface area contributed by atoms with E-state index in [0.29, 0.717) is 5.56 Å². The van der Waals surface area contributed by atoms with Gasteiger partial charge in [-0.1, -0.05) is 18.2 Å². The summed E-state index contributed by atoms with van der Waals surface area (Å²) in [5, 5.41) is 26.2. The van der Waals surface area contributed by atoms with Gasteiger partial charge in [0, 0.05) is 5.69 Å². The molecule has 0 fully saturated rings. The summed E-state index contributed by atoms with van der Waals surface area (Å²) in [5.41, 5.74) is 5.85. The second-order valence-electron chi connectivity index (χ2n) is 4.42. The number of hydrogen-bond acceptors (Lipinski definition) is 6. The fourth-order valence-electron chi connectivity index (χ4n) is 1.80. The molecule has 7 N–H and O–H groups in total. The van der Waals surface area contributed by atoms with Gasteiger partial charge in [-0.2, -0.15) is 5.90 Å². The second kappa shape index (κ2) is 7.66. The first-order valence-corrected chi connectivity index (χ1v) is 6.30. The van der Waals surface area contributed by atoms with Gasteiger partial charge in [0.05, 0.1) is 0 Å². The van der Waals surface area contributed by atoms with E-state index >= 15 is 0 Å². The van der Waals surface area contributed by atoms with Crippen molar-refractivity contribution in [2.75, 3.05) is 5.73 Å². The summed E-state index contributed by atoms with van der Waals surface area (Å²) in [6.45, 7) is 1.69. The third kappa shape index (κ3) is 4.35. The van der Waals surface area contributed by atoms with Gasteiger partial charge in [-0.25, -0.2) is 9.59 Å². The molecule has 0 amide bonds. The van der Waals surface area contributed by atoms with Crippen molar-refractivity contribution in [2.45, 2.75) is 6.92 Å². The molecule has 2 aromatic carbocycles. The number of carboxylic acid groups (broad SMARTS) is 2. The fraction of sp³-hybridized carbons (Fsp3) is 0.0667. The van der Waals surface area contributed by atoms with Crippen LogP contribution in [0.3, 0.4) is 0 Å². The van der Waals surface area contributed by atoms with Crippen LogP contribution in [-0.4, -0.2) is 27.3 Å². The van der Waals surface area contributed by atoms with Gasteiger partial charge in [0.1, 0.15) is 16.9 Å². The van der Waals surface area contributed by atoms with Crippen molar-refractivity contribution in [3.8, 4) is 11.5 Å². The van der Waals surface area contributed by atoms with Gasteiger partial charge in [-0.3, -0.25) is 0 Å². The Bertz CT molecular complexity index is 710. The molecule has 0 bridgehead atoms. The highest BCUT2D eigenvalue weighted by Gasteiger charge is 2.13. The average Bonchev–Trinajstić information content (AvgIpc) is 2.46. The number of nitrogens with two attached hydrogens (primary N) is 2. The molecular weight excluding hydrogens is 304 g/mol. The molecule has 122 valence electrons. The number of anilines is 1. The monoisotopic (exact) mass is 320 g/mol. The van der Waals surface area contributed by atoms with Gasteiger partial charge in [0.15, 0.2) is 5.75 Å². The Morgan fingerprint density at radius 3 is 1.96 bits per heavy atom. The summed E-state index contributed by atoms with van der Waals surface area (Å²) < 4.78 is 0. The van der Waals surface area contributed by atoms with Crippen molar-refractivity contribution >= 4 is 17.6 Å². The zero-order valence-electron chi connectivity index (χ0n) is 12.2. The molecule has 0 spiro atoms. The zero-order chi connectivity index (χ0) is 17.6. The number of rotatable bonds is 3. The number of nitrogen functional groups attached to an aromatic ring is 1. The summed E-state index contributed by atoms with van der Waals surface area (Å²) in [5.74, 6) is 2.51. The normalized spacial score (nSPS) is 9.48. The van der Waals surface area contributed by atoms with E-state index in [-0.39, 0.29) is 28.3 Å². The maximum Gasteiger partial charge on any atom is 0.341 e. The number of aromatic hydroxyl groups is 1. The average molecular weight is 320 g/mol. The number of phenols is 1. The first kappa shape index (κ1) is 17.8. The quantitative estimate of drug-likeness (QED) is 0.422. The van der Waals surface area contributed by atoms with Crippen LogP contribution >= 0.6 is 0 Å². The highest BCUT2D eigenvalue weighted by molar-refractivity contribution is 5.96. The van der Waals surface area contributed by atoms with Gasteiger partial charge < -0.3 is 25.9 Å². The molecule has 0 heterocycles. The second-order valence-corrected chi connectivity index (χ2v) is 4.42. The van der Waals surface area contributed by atoms with Crippen LogP contribution in [0.15, 0.2) is 36.4 Å². The molecule has 0 radical (unpaired) electrons. The van der Waals surface area contributed by atoms with E-state index in [1.165, 1.54) is 24.3 Å². The maximum absolute atomic E-state index is 10.7. The van der Waals surface area contributed by atoms with Crippen molar-refractivity contribution in [3.05, 3.63) is 53.1 Å². The third-order valence-electron chi connectivity index (χ3n) is 2.86. The fourth-order valence-corrected chi connectivity index (χ4v) is 1.80. The summed E-state index contributed by atoms with van der Waals surface area (Å²) in [7, 11) is 0. The number of hydrogen-bond donors (Lipinski definition) is 5. The van der Waals surface area contributed by atoms with Crippen LogP contribution < -0.4 is 16.5 Å². The summed E-state index contributed by atoms with van der Waals surface area (Å²) >= 11 is 0. The minimum Gasteiger partial charge on any atom is -0.507 e. The molecule has 0 aliphatic carbocycles. The largest absolute Gasteiger partial charge is 0.507 e. The van der Waals surface area contributed by atoms with Gasteiger partial charge in [-0.15, -0.1) is 0 Å². The lowest BCUT2D eigenvalue weighted by Crippen LogP contribution is -2.09. The van der Waals surface area contributed by atoms with Crippen LogP contribution in [0.4, 0.5) is 5.69 Å². The topological polar surface area (TPSA) is 156 Å². The predicted octanol–water partition coefficient (Wildman–Crippen LogP) is 1.62. The first-order valence-electron chi connectivity index (χ1n) is 6.30. The van der Waals surface area contributed by atoms with Crippen LogP contribution in [0.1, 0.15) is 26.3 Å². The van der Waals surface area contributed by atoms with E-state index in [9.17, 15) is 9.59 Å². The Morgan fingerprint density at radius 2 is 1.57 bits per heavy atom. The van der Waals surface area contributed by atoms with Crippen molar-refractivity contribution in [1.29, 1.82) is 0 Å². The summed E-state index contributed by atoms with van der Waals surface area (Å²) in [6, 6.07) is 9.06. The number of benzene rings is 2. The zero-order valence-corrected chi connectivity index (χ0v) is 12.2. The molecule has 0 aromatic heterocycles. The number of aryl methyl sites for hydroxylation is 1. The molecule has 0 saturated carbocycles. The third-order valence-corrected chi connectivity index (χ3v) is 2.86. The van der Waals surface area contributed by atoms with Crippen molar-refractivity contribution in [1.82, 2.24) is 0 Å².